The van der Waals surface area contributed by atoms with Gasteiger partial charge in [-0.3, -0.25) is 19.3 Å². The van der Waals surface area contributed by atoms with Gasteiger partial charge in [-0.1, -0.05) is 30.3 Å². The van der Waals surface area contributed by atoms with Crippen molar-refractivity contribution in [2.24, 2.45) is 0 Å². The molecular weight excluding hydrogens is 264 g/mol. The van der Waals surface area contributed by atoms with Gasteiger partial charge in [0.1, 0.15) is 11.2 Å². The van der Waals surface area contributed by atoms with Crippen LogP contribution in [0.3, 0.4) is 0 Å². The van der Waals surface area contributed by atoms with Crippen molar-refractivity contribution in [1.29, 1.82) is 0 Å². The minimum absolute atomic E-state index is 0.278. The van der Waals surface area contributed by atoms with Crippen LogP contribution < -0.4 is 11.2 Å². The molecule has 19 heavy (non-hydrogen) atoms. The maximum Gasteiger partial charge on any atom is 0.327 e. The average Bonchev–Trinajstić information content (AvgIpc) is 2.69. The fourth-order valence-corrected chi connectivity index (χ4v) is 2.24. The number of hydrogen-bond acceptors (Lipinski definition) is 3. The fraction of sp³-hybridized carbons (Fsp3) is 0.0833. The number of nitrogens with zero attached hydrogens (tertiary/aromatic N) is 1. The molecule has 2 heterocycles. The van der Waals surface area contributed by atoms with Gasteiger partial charge in [-0.15, -0.1) is 0 Å². The van der Waals surface area contributed by atoms with Crippen LogP contribution in [0.2, 0.25) is 0 Å². The van der Waals surface area contributed by atoms with Gasteiger partial charge in [0.15, 0.2) is 4.77 Å². The van der Waals surface area contributed by atoms with Crippen molar-refractivity contribution in [3.05, 3.63) is 61.5 Å². The summed E-state index contributed by atoms with van der Waals surface area (Å²) < 4.78 is 2.09. The Bertz CT molecular complexity index is 901. The number of fused-ring (bicyclic) bond motifs is 1. The summed E-state index contributed by atoms with van der Waals surface area (Å²) in [5.41, 5.74) is 0.689. The molecular formula is C12H10N4O2S. The molecule has 0 aliphatic heterocycles. The molecule has 0 aliphatic rings. The molecule has 1 aromatic carbocycles. The van der Waals surface area contributed by atoms with Gasteiger partial charge in [-0.2, -0.15) is 0 Å². The van der Waals surface area contributed by atoms with Crippen molar-refractivity contribution < 1.29 is 0 Å². The van der Waals surface area contributed by atoms with Gasteiger partial charge in [0, 0.05) is 0 Å². The summed E-state index contributed by atoms with van der Waals surface area (Å²) in [6, 6.07) is 9.66. The summed E-state index contributed by atoms with van der Waals surface area (Å²) in [6.07, 6.45) is 0. The zero-order chi connectivity index (χ0) is 13.4. The molecule has 3 N–H and O–H groups in total. The molecule has 0 unspecified atom stereocenters. The molecule has 0 saturated carbocycles. The third-order valence-corrected chi connectivity index (χ3v) is 3.18. The van der Waals surface area contributed by atoms with Crippen molar-refractivity contribution in [3.63, 3.8) is 0 Å². The van der Waals surface area contributed by atoms with E-state index in [0.717, 1.165) is 5.56 Å². The van der Waals surface area contributed by atoms with Gasteiger partial charge in [-0.25, -0.2) is 4.79 Å². The highest BCUT2D eigenvalue weighted by Gasteiger charge is 2.09. The second-order valence-corrected chi connectivity index (χ2v) is 4.52. The van der Waals surface area contributed by atoms with E-state index < -0.39 is 11.2 Å². The molecule has 0 atom stereocenters. The summed E-state index contributed by atoms with van der Waals surface area (Å²) in [6.45, 7) is 0.485. The highest BCUT2D eigenvalue weighted by Crippen LogP contribution is 2.09. The quantitative estimate of drug-likeness (QED) is 0.612. The zero-order valence-corrected chi connectivity index (χ0v) is 10.6. The van der Waals surface area contributed by atoms with Crippen molar-refractivity contribution in [2.45, 2.75) is 6.54 Å². The number of hydrogen-bond donors (Lipinski definition) is 3. The summed E-state index contributed by atoms with van der Waals surface area (Å²) >= 11 is 5.19. The fourth-order valence-electron chi connectivity index (χ4n) is 1.99. The molecule has 0 bridgehead atoms. The van der Waals surface area contributed by atoms with Crippen LogP contribution in [0.15, 0.2) is 39.9 Å². The van der Waals surface area contributed by atoms with E-state index in [-0.39, 0.29) is 5.52 Å². The van der Waals surface area contributed by atoms with Crippen molar-refractivity contribution in [2.75, 3.05) is 0 Å². The second kappa shape index (κ2) is 4.36. The maximum absolute atomic E-state index is 11.7. The third kappa shape index (κ3) is 2.04. The summed E-state index contributed by atoms with van der Waals surface area (Å²) in [4.78, 5) is 30.6. The lowest BCUT2D eigenvalue weighted by atomic mass is 10.2. The topological polar surface area (TPSA) is 86.4 Å². The molecule has 7 heteroatoms. The first-order valence-electron chi connectivity index (χ1n) is 5.64. The van der Waals surface area contributed by atoms with E-state index in [0.29, 0.717) is 17.0 Å². The van der Waals surface area contributed by atoms with Crippen LogP contribution in [0.4, 0.5) is 0 Å². The summed E-state index contributed by atoms with van der Waals surface area (Å²) in [7, 11) is 0. The van der Waals surface area contributed by atoms with Crippen molar-refractivity contribution in [1.82, 2.24) is 19.5 Å². The number of nitrogens with one attached hydrogen (secondary N) is 3. The number of aromatic amines is 3. The molecule has 0 spiro atoms. The smallest absolute Gasteiger partial charge is 0.325 e. The summed E-state index contributed by atoms with van der Waals surface area (Å²) in [5, 5.41) is 0. The molecule has 6 nitrogen and oxygen atoms in total. The van der Waals surface area contributed by atoms with Gasteiger partial charge in [-0.05, 0) is 17.8 Å². The third-order valence-electron chi connectivity index (χ3n) is 2.85. The molecule has 3 aromatic rings. The Morgan fingerprint density at radius 1 is 1.05 bits per heavy atom. The van der Waals surface area contributed by atoms with E-state index in [4.69, 9.17) is 12.2 Å². The minimum atomic E-state index is -0.548. The lowest BCUT2D eigenvalue weighted by molar-refractivity contribution is 0.797. The number of benzene rings is 1. The standard InChI is InChI=1S/C12H10N4O2S/c17-10-8-9(14-11(18)15-10)16(12(19)13-8)6-7-4-2-1-3-5-7/h1-5H,6H2,(H,13,19)(H2,14,15,17,18). The SMILES string of the molecule is O=c1[nH]c(=O)c2[nH]c(=S)n(Cc3ccccc3)c2[nH]1. The zero-order valence-electron chi connectivity index (χ0n) is 9.77. The summed E-state index contributed by atoms with van der Waals surface area (Å²) in [5.74, 6) is 0. The average molecular weight is 274 g/mol. The predicted molar refractivity (Wildman–Crippen MR) is 73.9 cm³/mol. The molecule has 0 aliphatic carbocycles. The number of rotatable bonds is 2. The molecule has 0 fully saturated rings. The molecule has 0 amide bonds. The predicted octanol–water partition coefficient (Wildman–Crippen LogP) is 1.12. The molecule has 3 rings (SSSR count). The first-order chi connectivity index (χ1) is 9.15. The lowest BCUT2D eigenvalue weighted by Gasteiger charge is -2.03. The Kier molecular flexibility index (Phi) is 2.68. The van der Waals surface area contributed by atoms with Crippen LogP contribution in [-0.2, 0) is 6.54 Å². The van der Waals surface area contributed by atoms with Gasteiger partial charge >= 0.3 is 5.69 Å². The number of imidazole rings is 1. The van der Waals surface area contributed by atoms with Gasteiger partial charge < -0.3 is 4.98 Å². The van der Waals surface area contributed by atoms with Crippen molar-refractivity contribution in [3.8, 4) is 0 Å². The van der Waals surface area contributed by atoms with Gasteiger partial charge in [0.05, 0.1) is 6.54 Å². The molecule has 0 radical (unpaired) electrons. The highest BCUT2D eigenvalue weighted by atomic mass is 32.1. The first kappa shape index (κ1) is 11.7. The van der Waals surface area contributed by atoms with Crippen molar-refractivity contribution >= 4 is 23.4 Å². The number of aromatic nitrogens is 4. The molecule has 2 aromatic heterocycles. The van der Waals surface area contributed by atoms with Crippen LogP contribution in [0, 0.1) is 4.77 Å². The van der Waals surface area contributed by atoms with E-state index >= 15 is 0 Å². The van der Waals surface area contributed by atoms with E-state index in [9.17, 15) is 9.59 Å². The van der Waals surface area contributed by atoms with E-state index in [1.165, 1.54) is 0 Å². The Hall–Kier alpha value is -2.41. The van der Waals surface area contributed by atoms with Gasteiger partial charge in [0.25, 0.3) is 5.56 Å². The van der Waals surface area contributed by atoms with Gasteiger partial charge in [0.2, 0.25) is 0 Å². The largest absolute Gasteiger partial charge is 0.327 e. The van der Waals surface area contributed by atoms with Crippen LogP contribution in [-0.4, -0.2) is 19.5 Å². The van der Waals surface area contributed by atoms with E-state index in [1.807, 2.05) is 30.3 Å². The normalized spacial score (nSPS) is 10.9. The Morgan fingerprint density at radius 2 is 1.79 bits per heavy atom. The Morgan fingerprint density at radius 3 is 2.53 bits per heavy atom. The van der Waals surface area contributed by atoms with Crippen LogP contribution in [0.25, 0.3) is 11.2 Å². The van der Waals surface area contributed by atoms with Crippen LogP contribution in [0.1, 0.15) is 5.56 Å². The Labute approximate surface area is 111 Å². The highest BCUT2D eigenvalue weighted by molar-refractivity contribution is 7.71. The minimum Gasteiger partial charge on any atom is -0.325 e. The van der Waals surface area contributed by atoms with Crippen LogP contribution in [0.5, 0.6) is 0 Å². The molecule has 96 valence electrons. The van der Waals surface area contributed by atoms with E-state index in [1.54, 1.807) is 4.57 Å². The maximum atomic E-state index is 11.7. The number of H-pyrrole nitrogens is 3. The Balaban J connectivity index is 2.24. The second-order valence-electron chi connectivity index (χ2n) is 4.13. The van der Waals surface area contributed by atoms with Crippen LogP contribution >= 0.6 is 12.2 Å². The first-order valence-corrected chi connectivity index (χ1v) is 6.05. The molecule has 0 saturated heterocycles. The van der Waals surface area contributed by atoms with E-state index in [2.05, 4.69) is 15.0 Å². The lowest BCUT2D eigenvalue weighted by Crippen LogP contribution is -2.22. The monoisotopic (exact) mass is 274 g/mol.